The fourth-order valence-corrected chi connectivity index (χ4v) is 10.3. The minimum atomic E-state index is -1.34. The number of carbonyl (C=O) groups is 5. The Bertz CT molecular complexity index is 2600. The molecule has 3 fully saturated rings. The van der Waals surface area contributed by atoms with E-state index in [1.807, 2.05) is 39.0 Å². The van der Waals surface area contributed by atoms with Crippen molar-refractivity contribution in [2.45, 2.75) is 118 Å². The molecule has 7 rings (SSSR count). The number of likely N-dealkylation sites (N-methyl/N-ethyl adjacent to an activating group) is 1. The van der Waals surface area contributed by atoms with E-state index >= 15 is 0 Å². The summed E-state index contributed by atoms with van der Waals surface area (Å²) in [6.07, 6.45) is 4.08. The first-order chi connectivity index (χ1) is 32.8. The highest BCUT2D eigenvalue weighted by molar-refractivity contribution is 5.98. The van der Waals surface area contributed by atoms with Crippen molar-refractivity contribution in [3.8, 4) is 22.4 Å². The number of rotatable bonds is 17. The Morgan fingerprint density at radius 3 is 2.45 bits per heavy atom. The molecule has 5 atom stereocenters. The van der Waals surface area contributed by atoms with Gasteiger partial charge in [0.25, 0.3) is 11.8 Å². The van der Waals surface area contributed by atoms with Crippen LogP contribution in [0.4, 0.5) is 0 Å². The van der Waals surface area contributed by atoms with Crippen molar-refractivity contribution < 1.29 is 33.4 Å². The topological polar surface area (TPSA) is 167 Å². The van der Waals surface area contributed by atoms with Crippen molar-refractivity contribution in [2.75, 3.05) is 46.9 Å². The number of nitrogens with one attached hydrogen (secondary N) is 3. The van der Waals surface area contributed by atoms with E-state index in [4.69, 9.17) is 14.5 Å². The molecule has 0 spiro atoms. The number of fused-ring (bicyclic) bond motifs is 2. The third-order valence-electron chi connectivity index (χ3n) is 14.7. The standard InChI is InChI=1S/C54H72N8O7/c1-12-60-45-21-20-39(29-42(45)43(30-53(7,8)32-69-36(6)63)47(60)40-19-16-23-55-46(40)35(5)68-11)38-18-15-17-37(27-38)28-44(51(66)62-25-14-13-24-57-62)58-52(67)54(9,33(2)3)59(10)50(65)41-22-26-61-48(41)56-31-34(4)49(61)64/h15-21,23,27,29,33,35,41,44,48,56-57H,4,12-14,22,24-26,28,30-32H2,1-3,5-11H3,(H,58,67)/t35-,41-,44-,48+,54+/m0/s1. The van der Waals surface area contributed by atoms with Crippen molar-refractivity contribution in [3.05, 3.63) is 89.8 Å². The van der Waals surface area contributed by atoms with Gasteiger partial charge in [-0.15, -0.1) is 0 Å². The fraction of sp³-hybridized carbons (Fsp3) is 0.519. The lowest BCUT2D eigenvalue weighted by molar-refractivity contribution is -0.153. The smallest absolute Gasteiger partial charge is 0.302 e. The summed E-state index contributed by atoms with van der Waals surface area (Å²) in [4.78, 5) is 76.7. The molecule has 15 heteroatoms. The second-order valence-corrected chi connectivity index (χ2v) is 20.3. The van der Waals surface area contributed by atoms with E-state index in [9.17, 15) is 24.0 Å². The predicted molar refractivity (Wildman–Crippen MR) is 267 cm³/mol. The lowest BCUT2D eigenvalue weighted by atomic mass is 9.84. The molecule has 3 aliphatic heterocycles. The predicted octanol–water partition coefficient (Wildman–Crippen LogP) is 6.59. The summed E-state index contributed by atoms with van der Waals surface area (Å²) in [6, 6.07) is 17.7. The van der Waals surface area contributed by atoms with Crippen LogP contribution in [-0.4, -0.2) is 119 Å². The summed E-state index contributed by atoms with van der Waals surface area (Å²) in [7, 11) is 3.34. The maximum atomic E-state index is 14.9. The minimum absolute atomic E-state index is 0.155. The van der Waals surface area contributed by atoms with Crippen LogP contribution >= 0.6 is 0 Å². The molecule has 2 aromatic carbocycles. The summed E-state index contributed by atoms with van der Waals surface area (Å²) < 4.78 is 13.7. The number of carbonyl (C=O) groups excluding carboxylic acids is 5. The largest absolute Gasteiger partial charge is 0.465 e. The van der Waals surface area contributed by atoms with Crippen molar-refractivity contribution in [1.82, 2.24) is 40.4 Å². The molecule has 3 saturated heterocycles. The average molecular weight is 945 g/mol. The molecule has 0 aliphatic carbocycles. The van der Waals surface area contributed by atoms with Crippen molar-refractivity contribution in [1.29, 1.82) is 0 Å². The fourth-order valence-electron chi connectivity index (χ4n) is 10.3. The number of pyridine rings is 1. The SMILES string of the molecule is C=C1CN[C@H]2[C@@H](C(=O)N(C)[C@@](C)(C(=O)N[C@@H](Cc3cccc(-c4ccc5c(c4)c(CC(C)(C)COC(C)=O)c(-c4cccnc4[C@H](C)OC)n5CC)c3)C(=O)N3CCCCN3)C(C)C)CCN2C1=O. The van der Waals surface area contributed by atoms with E-state index in [0.717, 1.165) is 62.9 Å². The summed E-state index contributed by atoms with van der Waals surface area (Å²) in [6.45, 7) is 22.0. The van der Waals surface area contributed by atoms with Gasteiger partial charge in [0.1, 0.15) is 11.6 Å². The number of ether oxygens (including phenoxy) is 2. The molecule has 15 nitrogen and oxygen atoms in total. The number of hydrogen-bond acceptors (Lipinski definition) is 10. The lowest BCUT2D eigenvalue weighted by Crippen LogP contribution is -2.66. The van der Waals surface area contributed by atoms with Crippen molar-refractivity contribution in [2.24, 2.45) is 17.3 Å². The van der Waals surface area contributed by atoms with Gasteiger partial charge in [0.2, 0.25) is 11.8 Å². The molecule has 0 bridgehead atoms. The molecule has 0 radical (unpaired) electrons. The molecule has 0 saturated carbocycles. The molecule has 5 heterocycles. The monoisotopic (exact) mass is 945 g/mol. The van der Waals surface area contributed by atoms with Crippen LogP contribution in [0, 0.1) is 17.3 Å². The first-order valence-electron chi connectivity index (χ1n) is 24.5. The average Bonchev–Trinajstić information content (AvgIpc) is 3.92. The van der Waals surface area contributed by atoms with E-state index in [1.165, 1.54) is 11.8 Å². The maximum absolute atomic E-state index is 14.9. The zero-order chi connectivity index (χ0) is 49.9. The molecule has 4 aromatic rings. The molecule has 4 amide bonds. The summed E-state index contributed by atoms with van der Waals surface area (Å²) >= 11 is 0. The zero-order valence-electron chi connectivity index (χ0n) is 42.2. The molecule has 69 heavy (non-hydrogen) atoms. The molecule has 2 aromatic heterocycles. The molecule has 0 unspecified atom stereocenters. The lowest BCUT2D eigenvalue weighted by Gasteiger charge is -2.44. The number of esters is 1. The Hall–Kier alpha value is -5.90. The normalized spacial score (nSPS) is 19.3. The van der Waals surface area contributed by atoms with Crippen LogP contribution in [0.3, 0.4) is 0 Å². The number of hydrazine groups is 1. The van der Waals surface area contributed by atoms with Crippen molar-refractivity contribution in [3.63, 3.8) is 0 Å². The third kappa shape index (κ3) is 10.4. The van der Waals surface area contributed by atoms with Crippen LogP contribution in [0.15, 0.2) is 72.9 Å². The zero-order valence-corrected chi connectivity index (χ0v) is 42.2. The Labute approximate surface area is 407 Å². The van der Waals surface area contributed by atoms with E-state index in [-0.39, 0.29) is 48.7 Å². The number of aromatic nitrogens is 2. The minimum Gasteiger partial charge on any atom is -0.465 e. The van der Waals surface area contributed by atoms with Gasteiger partial charge < -0.3 is 29.2 Å². The van der Waals surface area contributed by atoms with Gasteiger partial charge in [-0.05, 0) is 98.9 Å². The van der Waals surface area contributed by atoms with E-state index in [1.54, 1.807) is 37.2 Å². The Morgan fingerprint density at radius 1 is 1.01 bits per heavy atom. The molecule has 3 N–H and O–H groups in total. The second kappa shape index (κ2) is 21.0. The molecular weight excluding hydrogens is 873 g/mol. The quantitative estimate of drug-likeness (QED) is 0.0777. The first-order valence-corrected chi connectivity index (χ1v) is 24.5. The van der Waals surface area contributed by atoms with E-state index in [2.05, 4.69) is 84.4 Å². The number of hydrogen-bond donors (Lipinski definition) is 3. The number of nitrogens with zero attached hydrogens (tertiary/aromatic N) is 5. The van der Waals surface area contributed by atoms with Gasteiger partial charge in [0.15, 0.2) is 0 Å². The van der Waals surface area contributed by atoms with Gasteiger partial charge >= 0.3 is 5.97 Å². The van der Waals surface area contributed by atoms with Crippen LogP contribution in [0.2, 0.25) is 0 Å². The highest BCUT2D eigenvalue weighted by Gasteiger charge is 2.50. The Balaban J connectivity index is 1.23. The first kappa shape index (κ1) is 51.0. The van der Waals surface area contributed by atoms with Crippen LogP contribution in [-0.2, 0) is 52.8 Å². The summed E-state index contributed by atoms with van der Waals surface area (Å²) in [5.41, 5.74) is 9.73. The van der Waals surface area contributed by atoms with Crippen LogP contribution in [0.5, 0.6) is 0 Å². The highest BCUT2D eigenvalue weighted by Crippen LogP contribution is 2.42. The number of aryl methyl sites for hydroxylation is 1. The van der Waals surface area contributed by atoms with Gasteiger partial charge in [0.05, 0.1) is 36.2 Å². The maximum Gasteiger partial charge on any atom is 0.302 e. The second-order valence-electron chi connectivity index (χ2n) is 20.3. The van der Waals surface area contributed by atoms with E-state index < -0.39 is 35.0 Å². The Kier molecular flexibility index (Phi) is 15.5. The highest BCUT2D eigenvalue weighted by atomic mass is 16.5. The summed E-state index contributed by atoms with van der Waals surface area (Å²) in [5, 5.41) is 9.14. The van der Waals surface area contributed by atoms with Crippen LogP contribution in [0.1, 0.15) is 97.6 Å². The number of amides is 4. The molecule has 370 valence electrons. The van der Waals surface area contributed by atoms with Crippen LogP contribution in [0.25, 0.3) is 33.3 Å². The van der Waals surface area contributed by atoms with Crippen LogP contribution < -0.4 is 16.1 Å². The van der Waals surface area contributed by atoms with Gasteiger partial charge in [0, 0.05) is 93.9 Å². The Morgan fingerprint density at radius 2 is 1.77 bits per heavy atom. The van der Waals surface area contributed by atoms with Gasteiger partial charge in [-0.2, -0.15) is 0 Å². The third-order valence-corrected chi connectivity index (χ3v) is 14.7. The van der Waals surface area contributed by atoms with Gasteiger partial charge in [-0.1, -0.05) is 64.6 Å². The number of methoxy groups -OCH3 is 1. The van der Waals surface area contributed by atoms with Crippen molar-refractivity contribution >= 4 is 40.5 Å². The van der Waals surface area contributed by atoms with E-state index in [0.29, 0.717) is 51.1 Å². The van der Waals surface area contributed by atoms with Gasteiger partial charge in [-0.3, -0.25) is 39.3 Å². The van der Waals surface area contributed by atoms with Gasteiger partial charge in [-0.25, -0.2) is 5.43 Å². The number of benzene rings is 2. The molecule has 3 aliphatic rings. The molecular formula is C54H72N8O7. The summed E-state index contributed by atoms with van der Waals surface area (Å²) in [5.74, 6) is -2.28.